The molecule has 3 aliphatic rings. The van der Waals surface area contributed by atoms with Crippen LogP contribution in [0.25, 0.3) is 5.65 Å². The van der Waals surface area contributed by atoms with E-state index in [1.54, 1.807) is 0 Å². The van der Waals surface area contributed by atoms with Crippen molar-refractivity contribution in [3.8, 4) is 5.75 Å². The molecule has 0 amide bonds. The zero-order chi connectivity index (χ0) is 18.7. The van der Waals surface area contributed by atoms with E-state index >= 15 is 0 Å². The highest BCUT2D eigenvalue weighted by molar-refractivity contribution is 6.36. The number of rotatable bonds is 6. The van der Waals surface area contributed by atoms with Crippen molar-refractivity contribution in [3.63, 3.8) is 0 Å². The summed E-state index contributed by atoms with van der Waals surface area (Å²) in [6.07, 6.45) is 7.93. The molecule has 0 saturated heterocycles. The van der Waals surface area contributed by atoms with Gasteiger partial charge in [0.1, 0.15) is 16.6 Å². The zero-order valence-corrected chi connectivity index (χ0v) is 16.5. The van der Waals surface area contributed by atoms with Crippen molar-refractivity contribution < 1.29 is 4.74 Å². The van der Waals surface area contributed by atoms with E-state index in [1.807, 2.05) is 10.6 Å². The summed E-state index contributed by atoms with van der Waals surface area (Å²) in [6.45, 7) is 1.74. The molecule has 1 aliphatic heterocycles. The first-order valence-electron chi connectivity index (χ1n) is 10.3. The van der Waals surface area contributed by atoms with Crippen LogP contribution in [0.5, 0.6) is 5.75 Å². The molecule has 144 valence electrons. The van der Waals surface area contributed by atoms with Crippen LogP contribution in [0.2, 0.25) is 5.02 Å². The molecule has 5 nitrogen and oxygen atoms in total. The third-order valence-electron chi connectivity index (χ3n) is 6.41. The van der Waals surface area contributed by atoms with E-state index < -0.39 is 0 Å². The van der Waals surface area contributed by atoms with E-state index in [-0.39, 0.29) is 0 Å². The topological polar surface area (TPSA) is 51.5 Å². The van der Waals surface area contributed by atoms with Crippen LogP contribution in [-0.2, 0) is 12.8 Å². The van der Waals surface area contributed by atoms with Crippen LogP contribution < -0.4 is 10.1 Å². The molecule has 1 N–H and O–H groups in total. The highest BCUT2D eigenvalue weighted by atomic mass is 35.5. The van der Waals surface area contributed by atoms with E-state index in [0.717, 1.165) is 54.8 Å². The van der Waals surface area contributed by atoms with Crippen molar-refractivity contribution in [3.05, 3.63) is 52.4 Å². The molecule has 0 bridgehead atoms. The van der Waals surface area contributed by atoms with Crippen LogP contribution >= 0.6 is 11.6 Å². The monoisotopic (exact) mass is 394 g/mol. The molecule has 3 aromatic rings. The van der Waals surface area contributed by atoms with E-state index in [4.69, 9.17) is 16.3 Å². The van der Waals surface area contributed by atoms with Crippen molar-refractivity contribution in [2.45, 2.75) is 38.0 Å². The van der Waals surface area contributed by atoms with Gasteiger partial charge in [-0.1, -0.05) is 23.7 Å². The van der Waals surface area contributed by atoms with Crippen LogP contribution in [0.4, 0.5) is 5.69 Å². The maximum absolute atomic E-state index is 6.64. The Kier molecular flexibility index (Phi) is 3.80. The summed E-state index contributed by atoms with van der Waals surface area (Å²) in [6, 6.07) is 8.54. The Labute approximate surface area is 169 Å². The average Bonchev–Trinajstić information content (AvgIpc) is 3.58. The summed E-state index contributed by atoms with van der Waals surface area (Å²) >= 11 is 6.64. The Morgan fingerprint density at radius 1 is 1.21 bits per heavy atom. The first-order valence-corrected chi connectivity index (χ1v) is 10.7. The second-order valence-corrected chi connectivity index (χ2v) is 8.78. The van der Waals surface area contributed by atoms with Gasteiger partial charge in [-0.25, -0.2) is 0 Å². The highest BCUT2D eigenvalue weighted by Crippen LogP contribution is 2.50. The molecule has 2 aliphatic carbocycles. The quantitative estimate of drug-likeness (QED) is 0.669. The normalized spacial score (nSPS) is 22.9. The van der Waals surface area contributed by atoms with Gasteiger partial charge in [0.15, 0.2) is 5.65 Å². The van der Waals surface area contributed by atoms with Crippen molar-refractivity contribution in [2.75, 3.05) is 18.5 Å². The van der Waals surface area contributed by atoms with Crippen LogP contribution in [-0.4, -0.2) is 27.7 Å². The summed E-state index contributed by atoms with van der Waals surface area (Å²) in [5, 5.41) is 12.9. The molecule has 0 radical (unpaired) electrons. The van der Waals surface area contributed by atoms with Gasteiger partial charge >= 0.3 is 0 Å². The first-order chi connectivity index (χ1) is 13.8. The minimum atomic E-state index is 0.630. The molecule has 28 heavy (non-hydrogen) atoms. The van der Waals surface area contributed by atoms with Gasteiger partial charge in [0.2, 0.25) is 0 Å². The number of fused-ring (bicyclic) bond motifs is 2. The maximum Gasteiger partial charge on any atom is 0.181 e. The van der Waals surface area contributed by atoms with Crippen LogP contribution in [0.3, 0.4) is 0 Å². The Bertz CT molecular complexity index is 1060. The minimum absolute atomic E-state index is 0.630. The number of aromatic nitrogens is 3. The van der Waals surface area contributed by atoms with Gasteiger partial charge in [0.05, 0.1) is 12.3 Å². The lowest BCUT2D eigenvalue weighted by molar-refractivity contribution is 0.357. The molecule has 2 fully saturated rings. The summed E-state index contributed by atoms with van der Waals surface area (Å²) in [5.74, 6) is 4.15. The van der Waals surface area contributed by atoms with Gasteiger partial charge < -0.3 is 10.1 Å². The largest absolute Gasteiger partial charge is 0.493 e. The Morgan fingerprint density at radius 3 is 3.04 bits per heavy atom. The predicted octanol–water partition coefficient (Wildman–Crippen LogP) is 4.49. The fraction of sp³-hybridized carbons (Fsp3) is 0.455. The van der Waals surface area contributed by atoms with E-state index in [0.29, 0.717) is 16.9 Å². The molecule has 0 unspecified atom stereocenters. The lowest BCUT2D eigenvalue weighted by Crippen LogP contribution is -2.06. The number of ether oxygens (including phenoxy) is 1. The summed E-state index contributed by atoms with van der Waals surface area (Å²) in [4.78, 5) is 0. The molecule has 6 heteroatoms. The van der Waals surface area contributed by atoms with Crippen molar-refractivity contribution >= 4 is 22.9 Å². The number of nitrogens with one attached hydrogen (secondary N) is 1. The smallest absolute Gasteiger partial charge is 0.181 e. The molecule has 2 aromatic heterocycles. The predicted molar refractivity (Wildman–Crippen MR) is 109 cm³/mol. The number of pyridine rings is 1. The summed E-state index contributed by atoms with van der Waals surface area (Å²) in [5.41, 5.74) is 4.60. The second kappa shape index (κ2) is 6.38. The van der Waals surface area contributed by atoms with Crippen molar-refractivity contribution in [1.82, 2.24) is 14.6 Å². The fourth-order valence-electron chi connectivity index (χ4n) is 4.52. The van der Waals surface area contributed by atoms with Gasteiger partial charge in [-0.15, -0.1) is 10.2 Å². The zero-order valence-electron chi connectivity index (χ0n) is 15.7. The maximum atomic E-state index is 6.64. The SMILES string of the molecule is Clc1c(NC[C@H]2C[C@@H]2c2cccc3c2CCO3)ccn2c(CC3CC3)nnc12. The van der Waals surface area contributed by atoms with Crippen molar-refractivity contribution in [1.29, 1.82) is 0 Å². The number of hydrogen-bond donors (Lipinski definition) is 1. The Hall–Kier alpha value is -2.27. The van der Waals surface area contributed by atoms with Crippen molar-refractivity contribution in [2.24, 2.45) is 11.8 Å². The number of hydrogen-bond acceptors (Lipinski definition) is 4. The number of benzene rings is 1. The van der Waals surface area contributed by atoms with E-state index in [2.05, 4.69) is 39.8 Å². The number of nitrogens with zero attached hydrogens (tertiary/aromatic N) is 3. The van der Waals surface area contributed by atoms with Gasteiger partial charge in [0.25, 0.3) is 0 Å². The average molecular weight is 395 g/mol. The Balaban J connectivity index is 1.16. The molecule has 3 heterocycles. The lowest BCUT2D eigenvalue weighted by Gasteiger charge is -2.10. The highest BCUT2D eigenvalue weighted by Gasteiger charge is 2.40. The molecule has 2 atom stereocenters. The van der Waals surface area contributed by atoms with Crippen LogP contribution in [0.15, 0.2) is 30.5 Å². The lowest BCUT2D eigenvalue weighted by atomic mass is 10.00. The van der Waals surface area contributed by atoms with Gasteiger partial charge in [0, 0.05) is 31.1 Å². The van der Waals surface area contributed by atoms with Gasteiger partial charge in [-0.2, -0.15) is 0 Å². The summed E-state index contributed by atoms with van der Waals surface area (Å²) in [7, 11) is 0. The van der Waals surface area contributed by atoms with E-state index in [1.165, 1.54) is 30.4 Å². The molecule has 6 rings (SSSR count). The number of halogens is 1. The first kappa shape index (κ1) is 16.7. The minimum Gasteiger partial charge on any atom is -0.493 e. The van der Waals surface area contributed by atoms with Crippen LogP contribution in [0.1, 0.15) is 42.1 Å². The third kappa shape index (κ3) is 2.84. The molecular formula is C22H23ClN4O. The Morgan fingerprint density at radius 2 is 2.14 bits per heavy atom. The van der Waals surface area contributed by atoms with Gasteiger partial charge in [-0.3, -0.25) is 4.40 Å². The van der Waals surface area contributed by atoms with Gasteiger partial charge in [-0.05, 0) is 54.7 Å². The molecule has 1 aromatic carbocycles. The third-order valence-corrected chi connectivity index (χ3v) is 6.79. The molecule has 2 saturated carbocycles. The molecular weight excluding hydrogens is 372 g/mol. The second-order valence-electron chi connectivity index (χ2n) is 8.41. The fourth-order valence-corrected chi connectivity index (χ4v) is 4.78. The van der Waals surface area contributed by atoms with Crippen LogP contribution in [0, 0.1) is 11.8 Å². The standard InChI is InChI=1S/C22H23ClN4O/c23-21-18(6-8-27-20(10-13-4-5-13)25-26-22(21)27)24-12-14-11-17(14)15-2-1-3-19-16(15)7-9-28-19/h1-3,6,8,13-14,17,24H,4-5,7,9-12H2/t14-,17+/m1/s1. The van der Waals surface area contributed by atoms with E-state index in [9.17, 15) is 0 Å². The molecule has 0 spiro atoms. The summed E-state index contributed by atoms with van der Waals surface area (Å²) < 4.78 is 7.76. The number of anilines is 1.